The van der Waals surface area contributed by atoms with Crippen molar-refractivity contribution in [2.24, 2.45) is 5.73 Å². The molecule has 1 aromatic carbocycles. The predicted molar refractivity (Wildman–Crippen MR) is 175 cm³/mol. The first-order valence-corrected chi connectivity index (χ1v) is 15.2. The van der Waals surface area contributed by atoms with E-state index in [0.29, 0.717) is 52.9 Å². The van der Waals surface area contributed by atoms with E-state index in [0.717, 1.165) is 68.3 Å². The molecule has 2 aromatic heterocycles. The predicted octanol–water partition coefficient (Wildman–Crippen LogP) is 6.88. The normalized spacial score (nSPS) is 21.5. The monoisotopic (exact) mass is 657 g/mol. The molecule has 230 valence electrons. The van der Waals surface area contributed by atoms with Gasteiger partial charge < -0.3 is 31.2 Å². The number of anilines is 3. The number of nitrogens with one attached hydrogen (secondary N) is 3. The summed E-state index contributed by atoms with van der Waals surface area (Å²) in [6.07, 6.45) is 12.4. The molecule has 5 N–H and O–H groups in total. The number of likely N-dealkylation sites (tertiary alicyclic amines) is 1. The van der Waals surface area contributed by atoms with E-state index in [-0.39, 0.29) is 36.9 Å². The van der Waals surface area contributed by atoms with Crippen LogP contribution in [0.4, 0.5) is 22.2 Å². The average molecular weight is 659 g/mol. The standard InChI is InChI=1S/C28H37Cl2N9O.2ClH/c29-17-13-18(30)15-22(14-17)35-28(40)38-11-9-21(10-12-38)33-25-24-26(39(16-32-24)23-3-1-2-4-23)37-27(36-25)34-20-7-5-19(31)6-8-20;;/h13-16,19-21,23H,1-12,31H2,(H,35,40)(H2,33,34,36,37);2*1H. The molecule has 3 fully saturated rings. The highest BCUT2D eigenvalue weighted by Gasteiger charge is 2.27. The van der Waals surface area contributed by atoms with E-state index in [1.165, 1.54) is 12.8 Å². The van der Waals surface area contributed by atoms with Crippen LogP contribution in [0.15, 0.2) is 24.5 Å². The van der Waals surface area contributed by atoms with Crippen LogP contribution in [0, 0.1) is 0 Å². The van der Waals surface area contributed by atoms with Crippen LogP contribution in [0.1, 0.15) is 70.3 Å². The van der Waals surface area contributed by atoms with Crippen molar-refractivity contribution in [3.05, 3.63) is 34.6 Å². The Morgan fingerprint density at radius 1 is 0.857 bits per heavy atom. The molecule has 10 nitrogen and oxygen atoms in total. The second-order valence-electron chi connectivity index (χ2n) is 11.4. The molecule has 3 aliphatic rings. The molecule has 42 heavy (non-hydrogen) atoms. The van der Waals surface area contributed by atoms with Crippen LogP contribution >= 0.6 is 48.0 Å². The molecule has 1 aliphatic heterocycles. The second-order valence-corrected chi connectivity index (χ2v) is 12.3. The number of urea groups is 1. The van der Waals surface area contributed by atoms with Crippen LogP contribution in [-0.2, 0) is 0 Å². The van der Waals surface area contributed by atoms with Gasteiger partial charge in [0.25, 0.3) is 0 Å². The molecule has 0 atom stereocenters. The summed E-state index contributed by atoms with van der Waals surface area (Å²) in [5.41, 5.74) is 8.41. The van der Waals surface area contributed by atoms with Gasteiger partial charge in [-0.15, -0.1) is 24.8 Å². The van der Waals surface area contributed by atoms with Gasteiger partial charge in [0.2, 0.25) is 5.95 Å². The first kappa shape index (κ1) is 32.7. The fourth-order valence-corrected chi connectivity index (χ4v) is 6.75. The number of nitrogens with two attached hydrogens (primary N) is 1. The Bertz CT molecular complexity index is 1330. The Balaban J connectivity index is 0.00000202. The minimum atomic E-state index is -0.157. The molecule has 1 saturated heterocycles. The number of carbonyl (C=O) groups excluding carboxylic acids is 1. The van der Waals surface area contributed by atoms with Gasteiger partial charge in [0.05, 0.1) is 6.33 Å². The molecule has 2 amide bonds. The van der Waals surface area contributed by atoms with Crippen molar-refractivity contribution in [3.63, 3.8) is 0 Å². The molecule has 3 heterocycles. The summed E-state index contributed by atoms with van der Waals surface area (Å²) >= 11 is 12.2. The number of fused-ring (bicyclic) bond motifs is 1. The van der Waals surface area contributed by atoms with Gasteiger partial charge in [0.1, 0.15) is 0 Å². The van der Waals surface area contributed by atoms with E-state index >= 15 is 0 Å². The van der Waals surface area contributed by atoms with E-state index in [9.17, 15) is 4.79 Å². The molecule has 0 bridgehead atoms. The van der Waals surface area contributed by atoms with Crippen LogP contribution in [0.25, 0.3) is 11.2 Å². The summed E-state index contributed by atoms with van der Waals surface area (Å²) in [6, 6.07) is 6.08. The molecule has 0 spiro atoms. The van der Waals surface area contributed by atoms with Crippen LogP contribution in [0.5, 0.6) is 0 Å². The number of benzene rings is 1. The zero-order chi connectivity index (χ0) is 27.6. The highest BCUT2D eigenvalue weighted by Crippen LogP contribution is 2.34. The van der Waals surface area contributed by atoms with Gasteiger partial charge in [-0.3, -0.25) is 0 Å². The van der Waals surface area contributed by atoms with Crippen LogP contribution in [0.2, 0.25) is 10.0 Å². The van der Waals surface area contributed by atoms with Crippen LogP contribution < -0.4 is 21.7 Å². The van der Waals surface area contributed by atoms with E-state index in [1.807, 2.05) is 11.2 Å². The number of hydrogen-bond donors (Lipinski definition) is 4. The lowest BCUT2D eigenvalue weighted by Gasteiger charge is -2.32. The molecule has 3 aromatic rings. The quantitative estimate of drug-likeness (QED) is 0.227. The number of nitrogens with zero attached hydrogens (tertiary/aromatic N) is 5. The van der Waals surface area contributed by atoms with Crippen molar-refractivity contribution >= 4 is 82.7 Å². The maximum Gasteiger partial charge on any atom is 0.321 e. The largest absolute Gasteiger partial charge is 0.365 e. The smallest absolute Gasteiger partial charge is 0.321 e. The zero-order valence-corrected chi connectivity index (χ0v) is 26.5. The van der Waals surface area contributed by atoms with Gasteiger partial charge in [-0.1, -0.05) is 36.0 Å². The summed E-state index contributed by atoms with van der Waals surface area (Å²) in [5, 5.41) is 11.1. The van der Waals surface area contributed by atoms with E-state index < -0.39 is 0 Å². The highest BCUT2D eigenvalue weighted by atomic mass is 35.5. The van der Waals surface area contributed by atoms with E-state index in [4.69, 9.17) is 43.9 Å². The zero-order valence-electron chi connectivity index (χ0n) is 23.4. The molecule has 6 rings (SSSR count). The molecule has 0 unspecified atom stereocenters. The van der Waals surface area contributed by atoms with Crippen molar-refractivity contribution in [2.75, 3.05) is 29.0 Å². The number of hydrogen-bond acceptors (Lipinski definition) is 7. The third kappa shape index (κ3) is 7.63. The molecule has 2 saturated carbocycles. The first-order chi connectivity index (χ1) is 19.4. The third-order valence-corrected chi connectivity index (χ3v) is 8.92. The number of rotatable bonds is 6. The topological polar surface area (TPSA) is 126 Å². The first-order valence-electron chi connectivity index (χ1n) is 14.5. The molecular formula is C28H39Cl4N9O. The van der Waals surface area contributed by atoms with Crippen molar-refractivity contribution in [2.45, 2.75) is 88.4 Å². The van der Waals surface area contributed by atoms with Gasteiger partial charge in [0, 0.05) is 53.0 Å². The maximum absolute atomic E-state index is 12.9. The minimum Gasteiger partial charge on any atom is -0.365 e. The van der Waals surface area contributed by atoms with Crippen molar-refractivity contribution in [3.8, 4) is 0 Å². The number of halogens is 4. The number of piperidine rings is 1. The Hall–Kier alpha value is -2.24. The lowest BCUT2D eigenvalue weighted by Crippen LogP contribution is -2.44. The Kier molecular flexibility index (Phi) is 11.3. The molecule has 0 radical (unpaired) electrons. The van der Waals surface area contributed by atoms with E-state index in [1.54, 1.807) is 18.2 Å². The summed E-state index contributed by atoms with van der Waals surface area (Å²) in [4.78, 5) is 29.3. The lowest BCUT2D eigenvalue weighted by molar-refractivity contribution is 0.197. The average Bonchev–Trinajstić information content (AvgIpc) is 3.60. The highest BCUT2D eigenvalue weighted by molar-refractivity contribution is 6.35. The number of aromatic nitrogens is 4. The van der Waals surface area contributed by atoms with Gasteiger partial charge in [0.15, 0.2) is 17.0 Å². The number of carbonyl (C=O) groups is 1. The Labute approximate surface area is 268 Å². The Morgan fingerprint density at radius 3 is 2.17 bits per heavy atom. The van der Waals surface area contributed by atoms with Gasteiger partial charge >= 0.3 is 6.03 Å². The minimum absolute atomic E-state index is 0. The van der Waals surface area contributed by atoms with Crippen molar-refractivity contribution < 1.29 is 4.79 Å². The van der Waals surface area contributed by atoms with Gasteiger partial charge in [-0.05, 0) is 69.6 Å². The molecule has 14 heteroatoms. The van der Waals surface area contributed by atoms with Crippen LogP contribution in [-0.4, -0.2) is 61.7 Å². The van der Waals surface area contributed by atoms with Crippen molar-refractivity contribution in [1.29, 1.82) is 0 Å². The fraction of sp³-hybridized carbons (Fsp3) is 0.571. The fourth-order valence-electron chi connectivity index (χ4n) is 6.23. The second kappa shape index (κ2) is 14.5. The maximum atomic E-state index is 12.9. The lowest BCUT2D eigenvalue weighted by atomic mass is 9.92. The molecular weight excluding hydrogens is 620 g/mol. The van der Waals surface area contributed by atoms with Crippen molar-refractivity contribution in [1.82, 2.24) is 24.4 Å². The SMILES string of the molecule is Cl.Cl.NC1CCC(Nc2nc(NC3CCN(C(=O)Nc4cc(Cl)cc(Cl)c4)CC3)c3ncn(C4CCCC4)c3n2)CC1. The Morgan fingerprint density at radius 2 is 1.50 bits per heavy atom. The summed E-state index contributed by atoms with van der Waals surface area (Å²) in [7, 11) is 0. The van der Waals surface area contributed by atoms with Gasteiger partial charge in [-0.25, -0.2) is 9.78 Å². The summed E-state index contributed by atoms with van der Waals surface area (Å²) in [5.74, 6) is 1.40. The summed E-state index contributed by atoms with van der Waals surface area (Å²) < 4.78 is 2.24. The number of amides is 2. The third-order valence-electron chi connectivity index (χ3n) is 8.48. The summed E-state index contributed by atoms with van der Waals surface area (Å²) in [6.45, 7) is 1.24. The molecule has 2 aliphatic carbocycles. The van der Waals surface area contributed by atoms with E-state index in [2.05, 4.69) is 20.5 Å². The van der Waals surface area contributed by atoms with Gasteiger partial charge in [-0.2, -0.15) is 9.97 Å². The number of imidazole rings is 1. The van der Waals surface area contributed by atoms with Crippen LogP contribution in [0.3, 0.4) is 0 Å².